The summed E-state index contributed by atoms with van der Waals surface area (Å²) in [4.78, 5) is 13.7. The summed E-state index contributed by atoms with van der Waals surface area (Å²) in [5.74, 6) is -0.255. The van der Waals surface area contributed by atoms with Crippen LogP contribution >= 0.6 is 22.3 Å². The fraction of sp³-hybridized carbons (Fsp3) is 0.417. The number of carbonyl (C=O) groups is 1. The standard InChI is InChI=1S/C12H13Cl2NO4S/c1-8-6-9(7-10(11(8)13)20(14,17)18)12(16)15-2-4-19-5-3-15/h6-7H,2-5H2,1H3. The number of aryl methyl sites for hydroxylation is 1. The first-order chi connectivity index (χ1) is 9.30. The highest BCUT2D eigenvalue weighted by Gasteiger charge is 2.23. The maximum Gasteiger partial charge on any atom is 0.262 e. The summed E-state index contributed by atoms with van der Waals surface area (Å²) in [6.07, 6.45) is 0. The summed E-state index contributed by atoms with van der Waals surface area (Å²) in [5, 5.41) is 0.0403. The first-order valence-electron chi connectivity index (χ1n) is 5.92. The number of carbonyl (C=O) groups excluding carboxylic acids is 1. The van der Waals surface area contributed by atoms with Gasteiger partial charge in [0.15, 0.2) is 0 Å². The SMILES string of the molecule is Cc1cc(C(=O)N2CCOCC2)cc(S(=O)(=O)Cl)c1Cl. The van der Waals surface area contributed by atoms with E-state index in [2.05, 4.69) is 0 Å². The molecule has 0 aromatic heterocycles. The lowest BCUT2D eigenvalue weighted by Gasteiger charge is -2.27. The molecule has 110 valence electrons. The average Bonchev–Trinajstić information content (AvgIpc) is 2.40. The number of hydrogen-bond donors (Lipinski definition) is 0. The van der Waals surface area contributed by atoms with Crippen LogP contribution in [0.5, 0.6) is 0 Å². The number of halogens is 2. The second kappa shape index (κ2) is 5.89. The first-order valence-corrected chi connectivity index (χ1v) is 8.61. The van der Waals surface area contributed by atoms with Gasteiger partial charge in [0.1, 0.15) is 4.90 Å². The van der Waals surface area contributed by atoms with E-state index in [1.165, 1.54) is 6.07 Å². The van der Waals surface area contributed by atoms with Crippen molar-refractivity contribution >= 4 is 37.2 Å². The zero-order valence-corrected chi connectivity index (χ0v) is 13.1. The molecule has 1 aliphatic heterocycles. The molecule has 1 aromatic rings. The van der Waals surface area contributed by atoms with Gasteiger partial charge in [0.2, 0.25) is 0 Å². The van der Waals surface area contributed by atoms with E-state index >= 15 is 0 Å². The molecule has 20 heavy (non-hydrogen) atoms. The molecule has 1 amide bonds. The summed E-state index contributed by atoms with van der Waals surface area (Å²) in [6.45, 7) is 3.52. The Kier molecular flexibility index (Phi) is 4.59. The maximum absolute atomic E-state index is 12.3. The molecule has 0 bridgehead atoms. The Hall–Kier alpha value is -0.820. The summed E-state index contributed by atoms with van der Waals surface area (Å²) in [7, 11) is 1.34. The first kappa shape index (κ1) is 15.6. The van der Waals surface area contributed by atoms with E-state index in [4.69, 9.17) is 27.0 Å². The summed E-state index contributed by atoms with van der Waals surface area (Å²) in [6, 6.07) is 2.78. The highest BCUT2D eigenvalue weighted by Crippen LogP contribution is 2.29. The molecule has 0 spiro atoms. The van der Waals surface area contributed by atoms with Crippen molar-refractivity contribution in [2.75, 3.05) is 26.3 Å². The fourth-order valence-electron chi connectivity index (χ4n) is 1.99. The Bertz CT molecular complexity index is 639. The van der Waals surface area contributed by atoms with Crippen LogP contribution in [0.4, 0.5) is 0 Å². The van der Waals surface area contributed by atoms with Gasteiger partial charge in [-0.25, -0.2) is 8.42 Å². The second-order valence-electron chi connectivity index (χ2n) is 4.45. The van der Waals surface area contributed by atoms with Crippen LogP contribution < -0.4 is 0 Å². The van der Waals surface area contributed by atoms with Gasteiger partial charge in [0.25, 0.3) is 15.0 Å². The van der Waals surface area contributed by atoms with Gasteiger partial charge in [0.05, 0.1) is 18.2 Å². The smallest absolute Gasteiger partial charge is 0.262 e. The van der Waals surface area contributed by atoms with E-state index in [1.54, 1.807) is 17.9 Å². The van der Waals surface area contributed by atoms with Crippen molar-refractivity contribution in [1.29, 1.82) is 0 Å². The van der Waals surface area contributed by atoms with E-state index in [0.29, 0.717) is 31.9 Å². The monoisotopic (exact) mass is 337 g/mol. The van der Waals surface area contributed by atoms with Crippen molar-refractivity contribution in [2.24, 2.45) is 0 Å². The Labute approximate surface area is 126 Å². The number of nitrogens with zero attached hydrogens (tertiary/aromatic N) is 1. The van der Waals surface area contributed by atoms with Gasteiger partial charge in [-0.05, 0) is 24.6 Å². The van der Waals surface area contributed by atoms with Crippen molar-refractivity contribution < 1.29 is 17.9 Å². The van der Waals surface area contributed by atoms with E-state index < -0.39 is 9.05 Å². The van der Waals surface area contributed by atoms with Gasteiger partial charge >= 0.3 is 0 Å². The van der Waals surface area contributed by atoms with Gasteiger partial charge < -0.3 is 9.64 Å². The van der Waals surface area contributed by atoms with Crippen LogP contribution in [0.15, 0.2) is 17.0 Å². The number of benzene rings is 1. The zero-order valence-electron chi connectivity index (χ0n) is 10.7. The molecule has 0 unspecified atom stereocenters. The largest absolute Gasteiger partial charge is 0.378 e. The second-order valence-corrected chi connectivity index (χ2v) is 7.36. The van der Waals surface area contributed by atoms with Crippen molar-refractivity contribution in [3.8, 4) is 0 Å². The van der Waals surface area contributed by atoms with Crippen LogP contribution in [-0.2, 0) is 13.8 Å². The third-order valence-corrected chi connectivity index (χ3v) is 4.99. The molecule has 0 saturated carbocycles. The lowest BCUT2D eigenvalue weighted by molar-refractivity contribution is 0.0302. The van der Waals surface area contributed by atoms with Gasteiger partial charge in [-0.15, -0.1) is 0 Å². The number of rotatable bonds is 2. The molecule has 1 fully saturated rings. The van der Waals surface area contributed by atoms with Crippen LogP contribution in [0.1, 0.15) is 15.9 Å². The van der Waals surface area contributed by atoms with Crippen LogP contribution in [0, 0.1) is 6.92 Å². The number of morpholine rings is 1. The summed E-state index contributed by atoms with van der Waals surface area (Å²) >= 11 is 5.93. The third kappa shape index (κ3) is 3.25. The minimum Gasteiger partial charge on any atom is -0.378 e. The number of amides is 1. The minimum absolute atomic E-state index is 0.0403. The topological polar surface area (TPSA) is 63.7 Å². The van der Waals surface area contributed by atoms with Crippen molar-refractivity contribution in [3.63, 3.8) is 0 Å². The van der Waals surface area contributed by atoms with Crippen LogP contribution in [-0.4, -0.2) is 45.5 Å². The molecule has 5 nitrogen and oxygen atoms in total. The zero-order chi connectivity index (χ0) is 14.9. The Morgan fingerprint density at radius 2 is 1.90 bits per heavy atom. The molecule has 0 radical (unpaired) electrons. The van der Waals surface area contributed by atoms with Crippen LogP contribution in [0.3, 0.4) is 0 Å². The quantitative estimate of drug-likeness (QED) is 0.775. The predicted molar refractivity (Wildman–Crippen MR) is 76.0 cm³/mol. The molecule has 2 rings (SSSR count). The maximum atomic E-state index is 12.3. The molecule has 0 aliphatic carbocycles. The van der Waals surface area contributed by atoms with E-state index in [1.807, 2.05) is 0 Å². The number of ether oxygens (including phenoxy) is 1. The van der Waals surface area contributed by atoms with E-state index in [0.717, 1.165) is 0 Å². The Morgan fingerprint density at radius 1 is 1.30 bits per heavy atom. The summed E-state index contributed by atoms with van der Waals surface area (Å²) < 4.78 is 28.2. The van der Waals surface area contributed by atoms with Crippen molar-refractivity contribution in [3.05, 3.63) is 28.3 Å². The van der Waals surface area contributed by atoms with Crippen molar-refractivity contribution in [1.82, 2.24) is 4.90 Å². The van der Waals surface area contributed by atoms with Gasteiger partial charge in [0, 0.05) is 29.3 Å². The molecule has 1 heterocycles. The molecule has 1 saturated heterocycles. The molecule has 1 aromatic carbocycles. The van der Waals surface area contributed by atoms with Gasteiger partial charge in [-0.2, -0.15) is 0 Å². The Balaban J connectivity index is 2.42. The molecular weight excluding hydrogens is 325 g/mol. The highest BCUT2D eigenvalue weighted by atomic mass is 35.7. The minimum atomic E-state index is -4.00. The molecule has 0 N–H and O–H groups in total. The molecular formula is C12H13Cl2NO4S. The average molecular weight is 338 g/mol. The fourth-order valence-corrected chi connectivity index (χ4v) is 3.53. The van der Waals surface area contributed by atoms with Crippen molar-refractivity contribution in [2.45, 2.75) is 11.8 Å². The molecule has 8 heteroatoms. The predicted octanol–water partition coefficient (Wildman–Crippen LogP) is 2.05. The van der Waals surface area contributed by atoms with Crippen LogP contribution in [0.2, 0.25) is 5.02 Å². The Morgan fingerprint density at radius 3 is 2.45 bits per heavy atom. The third-order valence-electron chi connectivity index (χ3n) is 3.03. The number of hydrogen-bond acceptors (Lipinski definition) is 4. The van der Waals surface area contributed by atoms with Crippen LogP contribution in [0.25, 0.3) is 0 Å². The highest BCUT2D eigenvalue weighted by molar-refractivity contribution is 8.13. The van der Waals surface area contributed by atoms with Gasteiger partial charge in [-0.1, -0.05) is 11.6 Å². The molecule has 1 aliphatic rings. The lowest BCUT2D eigenvalue weighted by atomic mass is 10.1. The molecule has 0 atom stereocenters. The summed E-state index contributed by atoms with van der Waals surface area (Å²) in [5.41, 5.74) is 0.748. The van der Waals surface area contributed by atoms with E-state index in [9.17, 15) is 13.2 Å². The van der Waals surface area contributed by atoms with E-state index in [-0.39, 0.29) is 21.4 Å². The normalized spacial score (nSPS) is 16.2. The van der Waals surface area contributed by atoms with Gasteiger partial charge in [-0.3, -0.25) is 4.79 Å². The lowest BCUT2D eigenvalue weighted by Crippen LogP contribution is -2.40.